The van der Waals surface area contributed by atoms with Crippen LogP contribution in [0.25, 0.3) is 44.2 Å². The van der Waals surface area contributed by atoms with E-state index in [0.29, 0.717) is 11.4 Å². The predicted octanol–water partition coefficient (Wildman–Crippen LogP) is 14.0. The molecule has 1 aliphatic rings. The minimum Gasteiger partial charge on any atom is -0.310 e. The van der Waals surface area contributed by atoms with Crippen LogP contribution in [-0.2, 0) is 5.41 Å². The molecule has 1 nitrogen and oxygen atoms in total. The van der Waals surface area contributed by atoms with Crippen molar-refractivity contribution in [3.05, 3.63) is 246 Å². The molecule has 254 valence electrons. The SMILES string of the molecule is [2H]c1c([2H])c([2H])c(-c2c([2H])c([2H])c(N(c3cccc(-c4ccc5ccccc5c4)c3)c3ccc4c(c3)C(c3ccccc3)(c3ccccc3)c3ccccc3-4)c([2H])c2[2H])c([2H])c1[2H]. The Balaban J connectivity index is 1.27. The zero-order valence-corrected chi connectivity index (χ0v) is 29.1. The van der Waals surface area contributed by atoms with Crippen LogP contribution in [0.5, 0.6) is 0 Å². The Morgan fingerprint density at radius 1 is 0.352 bits per heavy atom. The lowest BCUT2D eigenvalue weighted by molar-refractivity contribution is 0.768. The maximum absolute atomic E-state index is 9.67. The fraction of sp³-hybridized carbons (Fsp3) is 0.0189. The van der Waals surface area contributed by atoms with Crippen molar-refractivity contribution in [3.8, 4) is 33.4 Å². The standard InChI is InChI=1S/C53H37N/c1-4-15-38(16-5-1)40-29-31-46(32-30-40)54(47-24-14-19-42(36-47)43-28-27-39-17-10-11-18-41(39)35-43)48-33-34-50-49-25-12-13-26-51(49)53(52(50)37-48,44-20-6-2-7-21-44)45-22-8-3-9-23-45/h1-37H/i1D,4D,5D,15D,16D,29D,30D,31D,32D. The van der Waals surface area contributed by atoms with Crippen LogP contribution in [0.15, 0.2) is 224 Å². The van der Waals surface area contributed by atoms with Crippen LogP contribution in [0, 0.1) is 0 Å². The second kappa shape index (κ2) is 13.2. The molecule has 0 amide bonds. The van der Waals surface area contributed by atoms with E-state index in [1.165, 1.54) is 0 Å². The molecule has 10 rings (SSSR count). The van der Waals surface area contributed by atoms with Crippen molar-refractivity contribution in [3.63, 3.8) is 0 Å². The molecule has 54 heavy (non-hydrogen) atoms. The van der Waals surface area contributed by atoms with Gasteiger partial charge in [0.15, 0.2) is 0 Å². The summed E-state index contributed by atoms with van der Waals surface area (Å²) in [5.41, 5.74) is 7.63. The molecule has 0 saturated heterocycles. The largest absolute Gasteiger partial charge is 0.310 e. The van der Waals surface area contributed by atoms with E-state index in [9.17, 15) is 5.48 Å². The molecule has 0 atom stereocenters. The van der Waals surface area contributed by atoms with E-state index < -0.39 is 59.8 Å². The number of fused-ring (bicyclic) bond motifs is 4. The third-order valence-corrected chi connectivity index (χ3v) is 10.5. The highest BCUT2D eigenvalue weighted by Gasteiger charge is 2.46. The van der Waals surface area contributed by atoms with Crippen LogP contribution in [0.1, 0.15) is 34.6 Å². The van der Waals surface area contributed by atoms with E-state index in [-0.39, 0.29) is 16.8 Å². The molecule has 9 aromatic carbocycles. The molecule has 0 bridgehead atoms. The van der Waals surface area contributed by atoms with Crippen molar-refractivity contribution in [1.82, 2.24) is 0 Å². The van der Waals surface area contributed by atoms with Gasteiger partial charge in [-0.2, -0.15) is 0 Å². The lowest BCUT2D eigenvalue weighted by Gasteiger charge is -2.35. The van der Waals surface area contributed by atoms with E-state index in [1.54, 1.807) is 4.90 Å². The van der Waals surface area contributed by atoms with E-state index >= 15 is 0 Å². The average Bonchev–Trinajstić information content (AvgIpc) is 3.62. The Kier molecular flexibility index (Phi) is 5.77. The van der Waals surface area contributed by atoms with Gasteiger partial charge in [0.2, 0.25) is 0 Å². The van der Waals surface area contributed by atoms with Gasteiger partial charge < -0.3 is 4.90 Å². The van der Waals surface area contributed by atoms with Gasteiger partial charge in [-0.15, -0.1) is 0 Å². The fourth-order valence-corrected chi connectivity index (χ4v) is 8.09. The van der Waals surface area contributed by atoms with Crippen molar-refractivity contribution in [2.24, 2.45) is 0 Å². The Morgan fingerprint density at radius 2 is 0.963 bits per heavy atom. The van der Waals surface area contributed by atoms with Crippen LogP contribution in [-0.4, -0.2) is 0 Å². The van der Waals surface area contributed by atoms with E-state index in [1.807, 2.05) is 84.9 Å². The number of benzene rings is 9. The zero-order chi connectivity index (χ0) is 43.7. The zero-order valence-electron chi connectivity index (χ0n) is 38.1. The highest BCUT2D eigenvalue weighted by atomic mass is 15.1. The summed E-state index contributed by atoms with van der Waals surface area (Å²) in [6.45, 7) is 0. The quantitative estimate of drug-likeness (QED) is 0.160. The maximum atomic E-state index is 9.67. The smallest absolute Gasteiger partial charge is 0.0714 e. The molecule has 0 fully saturated rings. The molecule has 0 aliphatic heterocycles. The van der Waals surface area contributed by atoms with Crippen LogP contribution in [0.2, 0.25) is 0 Å². The molecule has 9 aromatic rings. The summed E-state index contributed by atoms with van der Waals surface area (Å²) < 4.78 is 80.4. The number of hydrogen-bond donors (Lipinski definition) is 0. The molecular weight excluding hydrogens is 651 g/mol. The normalized spacial score (nSPS) is 14.9. The van der Waals surface area contributed by atoms with E-state index in [4.69, 9.17) is 6.85 Å². The van der Waals surface area contributed by atoms with Crippen LogP contribution >= 0.6 is 0 Å². The van der Waals surface area contributed by atoms with Crippen molar-refractivity contribution in [1.29, 1.82) is 0 Å². The van der Waals surface area contributed by atoms with E-state index in [0.717, 1.165) is 55.3 Å². The minimum atomic E-state index is -0.775. The van der Waals surface area contributed by atoms with Crippen molar-refractivity contribution < 1.29 is 12.3 Å². The summed E-state index contributed by atoms with van der Waals surface area (Å²) in [7, 11) is 0. The first-order valence-electron chi connectivity index (χ1n) is 22.4. The van der Waals surface area contributed by atoms with Gasteiger partial charge in [0.1, 0.15) is 0 Å². The van der Waals surface area contributed by atoms with Crippen LogP contribution < -0.4 is 4.90 Å². The van der Waals surface area contributed by atoms with Gasteiger partial charge in [-0.05, 0) is 109 Å². The predicted molar refractivity (Wildman–Crippen MR) is 227 cm³/mol. The third kappa shape index (κ3) is 5.25. The van der Waals surface area contributed by atoms with Gasteiger partial charge in [0, 0.05) is 17.1 Å². The maximum Gasteiger partial charge on any atom is 0.0714 e. The van der Waals surface area contributed by atoms with Gasteiger partial charge in [0.25, 0.3) is 0 Å². The Morgan fingerprint density at radius 3 is 1.72 bits per heavy atom. The van der Waals surface area contributed by atoms with Crippen LogP contribution in [0.3, 0.4) is 0 Å². The average molecular weight is 697 g/mol. The lowest BCUT2D eigenvalue weighted by atomic mass is 9.67. The fourth-order valence-electron chi connectivity index (χ4n) is 8.09. The number of hydrogen-bond acceptors (Lipinski definition) is 1. The highest BCUT2D eigenvalue weighted by Crippen LogP contribution is 2.57. The molecule has 0 aromatic heterocycles. The molecule has 0 spiro atoms. The summed E-state index contributed by atoms with van der Waals surface area (Å²) in [6, 6.07) is 52.3. The highest BCUT2D eigenvalue weighted by molar-refractivity contribution is 5.91. The second-order valence-electron chi connectivity index (χ2n) is 13.4. The van der Waals surface area contributed by atoms with Crippen molar-refractivity contribution >= 4 is 27.8 Å². The summed E-state index contributed by atoms with van der Waals surface area (Å²) in [5, 5.41) is 2.16. The minimum absolute atomic E-state index is 0.0581. The molecule has 0 saturated carbocycles. The molecule has 0 heterocycles. The van der Waals surface area contributed by atoms with Crippen LogP contribution in [0.4, 0.5) is 17.1 Å². The lowest BCUT2D eigenvalue weighted by Crippen LogP contribution is -2.28. The van der Waals surface area contributed by atoms with Gasteiger partial charge in [-0.1, -0.05) is 182 Å². The second-order valence-corrected chi connectivity index (χ2v) is 13.4. The molecule has 1 aliphatic carbocycles. The van der Waals surface area contributed by atoms with Gasteiger partial charge >= 0.3 is 0 Å². The molecule has 0 unspecified atom stereocenters. The molecule has 1 heteroatoms. The van der Waals surface area contributed by atoms with Crippen molar-refractivity contribution in [2.75, 3.05) is 4.90 Å². The Labute approximate surface area is 329 Å². The summed E-state index contributed by atoms with van der Waals surface area (Å²) in [4.78, 5) is 1.75. The van der Waals surface area contributed by atoms with Gasteiger partial charge in [0.05, 0.1) is 17.8 Å². The Hall–Kier alpha value is -6.96. The van der Waals surface area contributed by atoms with Crippen molar-refractivity contribution in [2.45, 2.75) is 5.41 Å². The number of anilines is 3. The summed E-state index contributed by atoms with van der Waals surface area (Å²) >= 11 is 0. The Bertz CT molecular complexity index is 3200. The third-order valence-electron chi connectivity index (χ3n) is 10.5. The van der Waals surface area contributed by atoms with Gasteiger partial charge in [-0.25, -0.2) is 0 Å². The monoisotopic (exact) mass is 696 g/mol. The molecule has 0 N–H and O–H groups in total. The topological polar surface area (TPSA) is 3.24 Å². The van der Waals surface area contributed by atoms with Gasteiger partial charge in [-0.3, -0.25) is 0 Å². The number of nitrogens with zero attached hydrogens (tertiary/aromatic N) is 1. The molecule has 0 radical (unpaired) electrons. The molecular formula is C53H37N. The first-order valence-corrected chi connectivity index (χ1v) is 17.9. The van der Waals surface area contributed by atoms with E-state index in [2.05, 4.69) is 84.9 Å². The summed E-state index contributed by atoms with van der Waals surface area (Å²) in [5.74, 6) is 0. The first kappa shape index (κ1) is 23.6. The number of rotatable bonds is 7. The summed E-state index contributed by atoms with van der Waals surface area (Å²) in [6.07, 6.45) is 0. The first-order chi connectivity index (χ1) is 30.5.